The predicted molar refractivity (Wildman–Crippen MR) is 70.3 cm³/mol. The Morgan fingerprint density at radius 1 is 1.21 bits per heavy atom. The Labute approximate surface area is 113 Å². The van der Waals surface area contributed by atoms with Crippen molar-refractivity contribution in [2.75, 3.05) is 6.54 Å². The maximum atomic E-state index is 12.0. The average molecular weight is 269 g/mol. The fourth-order valence-electron chi connectivity index (χ4n) is 2.06. The van der Waals surface area contributed by atoms with Gasteiger partial charge in [0, 0.05) is 12.6 Å². The predicted octanol–water partition coefficient (Wildman–Crippen LogP) is 1.17. The second-order valence-corrected chi connectivity index (χ2v) is 6.25. The highest BCUT2D eigenvalue weighted by Gasteiger charge is 2.37. The van der Waals surface area contributed by atoms with Gasteiger partial charge in [-0.2, -0.15) is 0 Å². The largest absolute Gasteiger partial charge is 0.443 e. The monoisotopic (exact) mass is 269 g/mol. The molecule has 1 saturated carbocycles. The van der Waals surface area contributed by atoms with Crippen molar-refractivity contribution in [1.82, 2.24) is 15.8 Å². The van der Waals surface area contributed by atoms with Crippen LogP contribution in [0.3, 0.4) is 0 Å². The van der Waals surface area contributed by atoms with Crippen LogP contribution in [0, 0.1) is 0 Å². The number of hydrogen-bond donors (Lipinski definition) is 2. The van der Waals surface area contributed by atoms with Gasteiger partial charge in [0.2, 0.25) is 5.91 Å². The van der Waals surface area contributed by atoms with Crippen LogP contribution in [0.2, 0.25) is 0 Å². The first-order valence-corrected chi connectivity index (χ1v) is 6.92. The van der Waals surface area contributed by atoms with Gasteiger partial charge in [0.25, 0.3) is 0 Å². The van der Waals surface area contributed by atoms with Crippen LogP contribution in [0.1, 0.15) is 46.5 Å². The van der Waals surface area contributed by atoms with Crippen LogP contribution in [-0.2, 0) is 9.53 Å². The standard InChI is InChI=1S/C13H23N3O3/c1-13(2,3)19-12(18)15-16-8-7-10(16)11(17)14-9-5-4-6-9/h9-10H,4-8H2,1-3H3,(H,14,17)(H,15,18)/t10-/m0/s1. The Morgan fingerprint density at radius 2 is 1.89 bits per heavy atom. The topological polar surface area (TPSA) is 70.7 Å². The van der Waals surface area contributed by atoms with Gasteiger partial charge in [0.15, 0.2) is 0 Å². The van der Waals surface area contributed by atoms with E-state index in [1.54, 1.807) is 5.01 Å². The van der Waals surface area contributed by atoms with Crippen molar-refractivity contribution in [2.45, 2.75) is 64.1 Å². The SMILES string of the molecule is CC(C)(C)OC(=O)NN1CC[C@H]1C(=O)NC1CCC1. The van der Waals surface area contributed by atoms with Crippen molar-refractivity contribution >= 4 is 12.0 Å². The molecule has 1 atom stereocenters. The summed E-state index contributed by atoms with van der Waals surface area (Å²) in [5.41, 5.74) is 2.10. The van der Waals surface area contributed by atoms with Crippen LogP contribution in [0.5, 0.6) is 0 Å². The third kappa shape index (κ3) is 3.83. The Hall–Kier alpha value is -1.30. The molecule has 19 heavy (non-hydrogen) atoms. The Morgan fingerprint density at radius 3 is 2.32 bits per heavy atom. The quantitative estimate of drug-likeness (QED) is 0.807. The molecule has 1 aliphatic heterocycles. The van der Waals surface area contributed by atoms with Gasteiger partial charge in [0.05, 0.1) is 0 Å². The normalized spacial score (nSPS) is 24.1. The molecule has 6 nitrogen and oxygen atoms in total. The number of nitrogens with one attached hydrogen (secondary N) is 2. The zero-order valence-corrected chi connectivity index (χ0v) is 11.9. The summed E-state index contributed by atoms with van der Waals surface area (Å²) in [6, 6.07) is 0.0737. The van der Waals surface area contributed by atoms with E-state index in [2.05, 4.69) is 10.7 Å². The summed E-state index contributed by atoms with van der Waals surface area (Å²) in [5, 5.41) is 4.64. The highest BCUT2D eigenvalue weighted by Crippen LogP contribution is 2.21. The van der Waals surface area contributed by atoms with E-state index >= 15 is 0 Å². The van der Waals surface area contributed by atoms with Crippen LogP contribution >= 0.6 is 0 Å². The lowest BCUT2D eigenvalue weighted by atomic mass is 9.92. The van der Waals surface area contributed by atoms with E-state index in [-0.39, 0.29) is 11.9 Å². The summed E-state index contributed by atoms with van der Waals surface area (Å²) in [6.07, 6.45) is 3.59. The van der Waals surface area contributed by atoms with E-state index in [1.165, 1.54) is 6.42 Å². The Kier molecular flexibility index (Phi) is 3.99. The molecule has 2 N–H and O–H groups in total. The van der Waals surface area contributed by atoms with Crippen molar-refractivity contribution in [3.8, 4) is 0 Å². The van der Waals surface area contributed by atoms with Gasteiger partial charge >= 0.3 is 6.09 Å². The van der Waals surface area contributed by atoms with E-state index in [0.717, 1.165) is 19.3 Å². The van der Waals surface area contributed by atoms with Crippen LogP contribution in [0.25, 0.3) is 0 Å². The number of carbonyl (C=O) groups is 2. The van der Waals surface area contributed by atoms with Crippen molar-refractivity contribution in [3.63, 3.8) is 0 Å². The van der Waals surface area contributed by atoms with Gasteiger partial charge in [-0.15, -0.1) is 0 Å². The van der Waals surface area contributed by atoms with E-state index in [0.29, 0.717) is 12.6 Å². The van der Waals surface area contributed by atoms with Crippen molar-refractivity contribution in [1.29, 1.82) is 0 Å². The summed E-state index contributed by atoms with van der Waals surface area (Å²) in [5.74, 6) is 0.00649. The minimum atomic E-state index is -0.529. The summed E-state index contributed by atoms with van der Waals surface area (Å²) in [6.45, 7) is 6.11. The fraction of sp³-hybridized carbons (Fsp3) is 0.846. The van der Waals surface area contributed by atoms with Crippen LogP contribution in [-0.4, -0.2) is 41.2 Å². The molecular formula is C13H23N3O3. The van der Waals surface area contributed by atoms with Gasteiger partial charge in [-0.05, 0) is 46.5 Å². The molecule has 0 aromatic carbocycles. The molecule has 0 aromatic heterocycles. The van der Waals surface area contributed by atoms with Gasteiger partial charge < -0.3 is 10.1 Å². The zero-order valence-electron chi connectivity index (χ0n) is 11.9. The van der Waals surface area contributed by atoms with Crippen LogP contribution < -0.4 is 10.7 Å². The number of carbonyl (C=O) groups excluding carboxylic acids is 2. The first-order valence-electron chi connectivity index (χ1n) is 6.92. The second-order valence-electron chi connectivity index (χ2n) is 6.25. The number of rotatable bonds is 3. The minimum absolute atomic E-state index is 0.00649. The van der Waals surface area contributed by atoms with Crippen molar-refractivity contribution < 1.29 is 14.3 Å². The number of ether oxygens (including phenoxy) is 1. The highest BCUT2D eigenvalue weighted by molar-refractivity contribution is 5.83. The molecule has 0 unspecified atom stereocenters. The molecule has 108 valence electrons. The smallest absolute Gasteiger partial charge is 0.422 e. The number of nitrogens with zero attached hydrogens (tertiary/aromatic N) is 1. The highest BCUT2D eigenvalue weighted by atomic mass is 16.6. The molecule has 6 heteroatoms. The van der Waals surface area contributed by atoms with E-state index in [1.807, 2.05) is 20.8 Å². The molecule has 0 aromatic rings. The van der Waals surface area contributed by atoms with Crippen LogP contribution in [0.15, 0.2) is 0 Å². The van der Waals surface area contributed by atoms with Gasteiger partial charge in [-0.3, -0.25) is 10.2 Å². The lowest BCUT2D eigenvalue weighted by molar-refractivity contribution is -0.134. The lowest BCUT2D eigenvalue weighted by Gasteiger charge is -2.40. The van der Waals surface area contributed by atoms with Crippen molar-refractivity contribution in [2.24, 2.45) is 0 Å². The maximum Gasteiger partial charge on any atom is 0.422 e. The fourth-order valence-corrected chi connectivity index (χ4v) is 2.06. The zero-order chi connectivity index (χ0) is 14.0. The molecule has 2 aliphatic rings. The minimum Gasteiger partial charge on any atom is -0.443 e. The van der Waals surface area contributed by atoms with E-state index in [4.69, 9.17) is 4.74 Å². The summed E-state index contributed by atoms with van der Waals surface area (Å²) >= 11 is 0. The maximum absolute atomic E-state index is 12.0. The first kappa shape index (κ1) is 14.1. The second kappa shape index (κ2) is 5.36. The molecule has 1 aliphatic carbocycles. The molecule has 0 spiro atoms. The number of hydrazine groups is 1. The Bertz CT molecular complexity index is 361. The average Bonchev–Trinajstić information content (AvgIpc) is 2.16. The van der Waals surface area contributed by atoms with Gasteiger partial charge in [0.1, 0.15) is 11.6 Å². The summed E-state index contributed by atoms with van der Waals surface area (Å²) in [4.78, 5) is 23.6. The van der Waals surface area contributed by atoms with Crippen molar-refractivity contribution in [3.05, 3.63) is 0 Å². The molecule has 1 saturated heterocycles. The molecule has 2 rings (SSSR count). The third-order valence-electron chi connectivity index (χ3n) is 3.41. The van der Waals surface area contributed by atoms with Crippen LogP contribution in [0.4, 0.5) is 4.79 Å². The van der Waals surface area contributed by atoms with E-state index < -0.39 is 11.7 Å². The molecule has 0 bridgehead atoms. The molecule has 2 amide bonds. The Balaban J connectivity index is 1.75. The number of amides is 2. The molecule has 2 fully saturated rings. The van der Waals surface area contributed by atoms with Gasteiger partial charge in [-0.1, -0.05) is 0 Å². The summed E-state index contributed by atoms with van der Waals surface area (Å²) in [7, 11) is 0. The molecule has 0 radical (unpaired) electrons. The molecule has 1 heterocycles. The lowest BCUT2D eigenvalue weighted by Crippen LogP contribution is -2.64. The molecular weight excluding hydrogens is 246 g/mol. The first-order chi connectivity index (χ1) is 8.85. The summed E-state index contributed by atoms with van der Waals surface area (Å²) < 4.78 is 5.16. The third-order valence-corrected chi connectivity index (χ3v) is 3.41. The van der Waals surface area contributed by atoms with E-state index in [9.17, 15) is 9.59 Å². The number of hydrogen-bond acceptors (Lipinski definition) is 4. The van der Waals surface area contributed by atoms with Gasteiger partial charge in [-0.25, -0.2) is 9.80 Å².